The third kappa shape index (κ3) is 4.70. The van der Waals surface area contributed by atoms with Gasteiger partial charge in [0.25, 0.3) is 0 Å². The van der Waals surface area contributed by atoms with E-state index in [4.69, 9.17) is 0 Å². The van der Waals surface area contributed by atoms with Gasteiger partial charge in [0.05, 0.1) is 22.0 Å². The van der Waals surface area contributed by atoms with Crippen LogP contribution in [0.1, 0.15) is 19.3 Å². The van der Waals surface area contributed by atoms with E-state index in [-0.39, 0.29) is 17.5 Å². The van der Waals surface area contributed by atoms with Gasteiger partial charge in [0.2, 0.25) is 16.0 Å². The average Bonchev–Trinajstić information content (AvgIpc) is 2.62. The summed E-state index contributed by atoms with van der Waals surface area (Å²) in [5, 5.41) is 15.8. The van der Waals surface area contributed by atoms with Gasteiger partial charge in [-0.2, -0.15) is 4.98 Å². The highest BCUT2D eigenvalue weighted by molar-refractivity contribution is 9.10. The third-order valence-corrected chi connectivity index (χ3v) is 6.02. The summed E-state index contributed by atoms with van der Waals surface area (Å²) in [7, 11) is -3.58. The van der Waals surface area contributed by atoms with Crippen molar-refractivity contribution in [2.45, 2.75) is 30.2 Å². The van der Waals surface area contributed by atoms with Crippen LogP contribution in [0.15, 0.2) is 39.8 Å². The molecule has 0 fully saturated rings. The second-order valence-corrected chi connectivity index (χ2v) is 8.58. The molecular weight excluding hydrogens is 422 g/mol. The van der Waals surface area contributed by atoms with Gasteiger partial charge < -0.3 is 15.7 Å². The zero-order valence-electron chi connectivity index (χ0n) is 13.9. The van der Waals surface area contributed by atoms with Crippen molar-refractivity contribution < 1.29 is 13.5 Å². The summed E-state index contributed by atoms with van der Waals surface area (Å²) in [5.74, 6) is 0.892. The predicted octanol–water partition coefficient (Wildman–Crippen LogP) is 2.22. The molecule has 0 radical (unpaired) electrons. The predicted molar refractivity (Wildman–Crippen MR) is 103 cm³/mol. The van der Waals surface area contributed by atoms with Crippen LogP contribution in [-0.4, -0.2) is 42.7 Å². The van der Waals surface area contributed by atoms with E-state index in [1.165, 1.54) is 6.07 Å². The number of aliphatic hydroxyl groups excluding tert-OH is 1. The van der Waals surface area contributed by atoms with E-state index < -0.39 is 10.0 Å². The molecule has 1 aromatic heterocycles. The zero-order valence-corrected chi connectivity index (χ0v) is 16.3. The standard InChI is InChI=1S/C16H20BrN5O3S/c17-14-9-18-16-21-11-5-3-6-13(8-11)26(24,25)19-7-2-1-4-12(10-23)20-15(14)22-16/h3,5-6,8-9,12,19,23H,1-2,4,7,10H2,(H2,18,20,21,22)/t12-/m0/s1. The van der Waals surface area contributed by atoms with Gasteiger partial charge in [-0.05, 0) is 47.0 Å². The number of nitrogens with one attached hydrogen (secondary N) is 3. The molecule has 2 aromatic rings. The van der Waals surface area contributed by atoms with Gasteiger partial charge in [-0.25, -0.2) is 18.1 Å². The maximum absolute atomic E-state index is 12.4. The molecule has 0 saturated carbocycles. The first kappa shape index (κ1) is 19.0. The van der Waals surface area contributed by atoms with Crippen LogP contribution in [0.3, 0.4) is 0 Å². The number of hydrogen-bond donors (Lipinski definition) is 4. The Kier molecular flexibility index (Phi) is 6.07. The first-order chi connectivity index (χ1) is 12.5. The van der Waals surface area contributed by atoms with Gasteiger partial charge in [-0.3, -0.25) is 0 Å². The first-order valence-electron chi connectivity index (χ1n) is 8.24. The summed E-state index contributed by atoms with van der Waals surface area (Å²) < 4.78 is 28.1. The number of benzene rings is 1. The number of aromatic nitrogens is 2. The average molecular weight is 442 g/mol. The van der Waals surface area contributed by atoms with E-state index >= 15 is 0 Å². The van der Waals surface area contributed by atoms with Crippen molar-refractivity contribution in [3.05, 3.63) is 34.9 Å². The topological polar surface area (TPSA) is 116 Å². The molecule has 0 unspecified atom stereocenters. The summed E-state index contributed by atoms with van der Waals surface area (Å²) in [5.41, 5.74) is 0.565. The van der Waals surface area contributed by atoms with Crippen molar-refractivity contribution >= 4 is 43.4 Å². The molecule has 0 amide bonds. The Bertz CT molecular complexity index is 878. The quantitative estimate of drug-likeness (QED) is 0.535. The summed E-state index contributed by atoms with van der Waals surface area (Å²) >= 11 is 3.41. The van der Waals surface area contributed by atoms with Gasteiger partial charge in [0.15, 0.2) is 0 Å². The Balaban J connectivity index is 1.97. The maximum Gasteiger partial charge on any atom is 0.240 e. The van der Waals surface area contributed by atoms with Gasteiger partial charge in [0, 0.05) is 18.4 Å². The third-order valence-electron chi connectivity index (χ3n) is 3.98. The fraction of sp³-hybridized carbons (Fsp3) is 0.375. The summed E-state index contributed by atoms with van der Waals surface area (Å²) in [4.78, 5) is 8.80. The maximum atomic E-state index is 12.4. The van der Waals surface area contributed by atoms with Crippen LogP contribution in [0.2, 0.25) is 0 Å². The zero-order chi connectivity index (χ0) is 18.6. The van der Waals surface area contributed by atoms with Gasteiger partial charge in [-0.1, -0.05) is 12.5 Å². The molecule has 1 aliphatic rings. The van der Waals surface area contributed by atoms with Crippen LogP contribution in [-0.2, 0) is 10.0 Å². The van der Waals surface area contributed by atoms with Crippen LogP contribution in [0.25, 0.3) is 0 Å². The van der Waals surface area contributed by atoms with Crippen LogP contribution in [0.5, 0.6) is 0 Å². The Morgan fingerprint density at radius 1 is 1.31 bits per heavy atom. The van der Waals surface area contributed by atoms with E-state index in [0.717, 1.165) is 6.42 Å². The molecule has 2 heterocycles. The van der Waals surface area contributed by atoms with Crippen LogP contribution >= 0.6 is 15.9 Å². The van der Waals surface area contributed by atoms with Gasteiger partial charge in [0.1, 0.15) is 5.82 Å². The molecule has 1 atom stereocenters. The second-order valence-electron chi connectivity index (χ2n) is 5.96. The van der Waals surface area contributed by atoms with Crippen LogP contribution < -0.4 is 15.4 Å². The van der Waals surface area contributed by atoms with Crippen molar-refractivity contribution in [2.24, 2.45) is 0 Å². The molecule has 0 spiro atoms. The van der Waals surface area contributed by atoms with E-state index in [0.29, 0.717) is 41.3 Å². The van der Waals surface area contributed by atoms with Crippen molar-refractivity contribution in [2.75, 3.05) is 23.8 Å². The molecule has 4 N–H and O–H groups in total. The highest BCUT2D eigenvalue weighted by Crippen LogP contribution is 2.24. The number of aliphatic hydroxyl groups is 1. The minimum Gasteiger partial charge on any atom is -0.394 e. The normalized spacial score (nSPS) is 20.2. The summed E-state index contributed by atoms with van der Waals surface area (Å²) in [6.07, 6.45) is 3.72. The first-order valence-corrected chi connectivity index (χ1v) is 10.5. The molecule has 10 heteroatoms. The molecule has 4 bridgehead atoms. The van der Waals surface area contributed by atoms with Crippen molar-refractivity contribution in [3.63, 3.8) is 0 Å². The lowest BCUT2D eigenvalue weighted by atomic mass is 10.1. The van der Waals surface area contributed by atoms with E-state index in [9.17, 15) is 13.5 Å². The number of halogens is 1. The van der Waals surface area contributed by atoms with Crippen molar-refractivity contribution in [1.29, 1.82) is 0 Å². The number of nitrogens with zero attached hydrogens (tertiary/aromatic N) is 2. The monoisotopic (exact) mass is 441 g/mol. The Morgan fingerprint density at radius 2 is 2.15 bits per heavy atom. The van der Waals surface area contributed by atoms with Crippen molar-refractivity contribution in [1.82, 2.24) is 14.7 Å². The lowest BCUT2D eigenvalue weighted by Gasteiger charge is -2.18. The number of rotatable bonds is 1. The van der Waals surface area contributed by atoms with Gasteiger partial charge in [-0.15, -0.1) is 0 Å². The molecule has 0 aliphatic carbocycles. The Labute approximate surface area is 160 Å². The smallest absolute Gasteiger partial charge is 0.240 e. The molecular formula is C16H20BrN5O3S. The largest absolute Gasteiger partial charge is 0.394 e. The van der Waals surface area contributed by atoms with Crippen molar-refractivity contribution in [3.8, 4) is 0 Å². The van der Waals surface area contributed by atoms with Crippen LogP contribution in [0.4, 0.5) is 17.5 Å². The number of hydrogen-bond acceptors (Lipinski definition) is 7. The highest BCUT2D eigenvalue weighted by Gasteiger charge is 2.16. The molecule has 3 rings (SSSR count). The van der Waals surface area contributed by atoms with E-state index in [2.05, 4.69) is 41.3 Å². The Morgan fingerprint density at radius 3 is 2.96 bits per heavy atom. The Hall–Kier alpha value is -1.75. The molecule has 1 aliphatic heterocycles. The highest BCUT2D eigenvalue weighted by atomic mass is 79.9. The SMILES string of the molecule is O=S1(=O)NCCCC[C@@H](CO)Nc2nc(ncc2Br)Nc2cccc1c2. The molecule has 26 heavy (non-hydrogen) atoms. The number of fused-ring (bicyclic) bond motifs is 4. The molecule has 0 saturated heterocycles. The molecule has 8 nitrogen and oxygen atoms in total. The van der Waals surface area contributed by atoms with Gasteiger partial charge >= 0.3 is 0 Å². The summed E-state index contributed by atoms with van der Waals surface area (Å²) in [6, 6.07) is 6.30. The number of sulfonamides is 1. The second kappa shape index (κ2) is 8.30. The fourth-order valence-corrected chi connectivity index (χ4v) is 4.03. The summed E-state index contributed by atoms with van der Waals surface area (Å²) in [6.45, 7) is 0.293. The van der Waals surface area contributed by atoms with E-state index in [1.807, 2.05) is 0 Å². The van der Waals surface area contributed by atoms with Crippen LogP contribution in [0, 0.1) is 0 Å². The molecule has 140 valence electrons. The molecule has 1 aromatic carbocycles. The fourth-order valence-electron chi connectivity index (χ4n) is 2.61. The lowest BCUT2D eigenvalue weighted by molar-refractivity contribution is 0.266. The van der Waals surface area contributed by atoms with E-state index in [1.54, 1.807) is 24.4 Å². The number of anilines is 3. The lowest BCUT2D eigenvalue weighted by Crippen LogP contribution is -2.26. The minimum absolute atomic E-state index is 0.0499. The minimum atomic E-state index is -3.58.